The summed E-state index contributed by atoms with van der Waals surface area (Å²) < 4.78 is 0. The highest BCUT2D eigenvalue weighted by Crippen LogP contribution is 2.37. The summed E-state index contributed by atoms with van der Waals surface area (Å²) in [4.78, 5) is 14.9. The van der Waals surface area contributed by atoms with Crippen LogP contribution in [0.15, 0.2) is 24.3 Å². The number of nitrogens with zero attached hydrogens (tertiary/aromatic N) is 1. The first-order valence-corrected chi connectivity index (χ1v) is 8.34. The molecule has 3 atom stereocenters. The van der Waals surface area contributed by atoms with Crippen molar-refractivity contribution < 1.29 is 4.79 Å². The summed E-state index contributed by atoms with van der Waals surface area (Å²) in [5, 5.41) is 3.58. The van der Waals surface area contributed by atoms with E-state index in [0.717, 1.165) is 38.9 Å². The van der Waals surface area contributed by atoms with Crippen molar-refractivity contribution in [3.63, 3.8) is 0 Å². The molecule has 1 aromatic carbocycles. The maximum atomic E-state index is 12.8. The maximum absolute atomic E-state index is 12.8. The Bertz CT molecular complexity index is 514. The molecule has 1 heterocycles. The zero-order valence-electron chi connectivity index (χ0n) is 13.1. The minimum absolute atomic E-state index is 0.120. The van der Waals surface area contributed by atoms with Gasteiger partial charge in [0.25, 0.3) is 0 Å². The molecule has 1 aliphatic heterocycles. The fourth-order valence-corrected chi connectivity index (χ4v) is 3.88. The molecule has 3 unspecified atom stereocenters. The molecule has 0 aromatic heterocycles. The van der Waals surface area contributed by atoms with Crippen LogP contribution in [0.2, 0.25) is 0 Å². The Morgan fingerprint density at radius 3 is 2.86 bits per heavy atom. The SMILES string of the molecule is CCNC1CCN(C(=O)C2Cc3ccccc32)CC1CC. The number of amides is 1. The van der Waals surface area contributed by atoms with E-state index in [2.05, 4.69) is 42.3 Å². The molecule has 0 spiro atoms. The Hall–Kier alpha value is -1.35. The summed E-state index contributed by atoms with van der Waals surface area (Å²) >= 11 is 0. The summed E-state index contributed by atoms with van der Waals surface area (Å²) in [5.41, 5.74) is 2.61. The zero-order chi connectivity index (χ0) is 14.8. The van der Waals surface area contributed by atoms with Gasteiger partial charge in [-0.25, -0.2) is 0 Å². The van der Waals surface area contributed by atoms with Gasteiger partial charge in [-0.05, 0) is 36.4 Å². The van der Waals surface area contributed by atoms with Crippen molar-refractivity contribution in [3.8, 4) is 0 Å². The van der Waals surface area contributed by atoms with E-state index in [4.69, 9.17) is 0 Å². The largest absolute Gasteiger partial charge is 0.342 e. The molecule has 0 radical (unpaired) electrons. The van der Waals surface area contributed by atoms with Gasteiger partial charge in [0.15, 0.2) is 0 Å². The number of nitrogens with one attached hydrogen (secondary N) is 1. The molecule has 1 N–H and O–H groups in total. The van der Waals surface area contributed by atoms with E-state index in [1.807, 2.05) is 6.07 Å². The number of likely N-dealkylation sites (tertiary alicyclic amines) is 1. The number of hydrogen-bond acceptors (Lipinski definition) is 2. The fraction of sp³-hybridized carbons (Fsp3) is 0.611. The highest BCUT2D eigenvalue weighted by Gasteiger charge is 2.37. The van der Waals surface area contributed by atoms with Gasteiger partial charge in [0.05, 0.1) is 5.92 Å². The molecule has 3 nitrogen and oxygen atoms in total. The Labute approximate surface area is 127 Å². The normalized spacial score (nSPS) is 27.9. The van der Waals surface area contributed by atoms with Gasteiger partial charge in [0.2, 0.25) is 5.91 Å². The van der Waals surface area contributed by atoms with E-state index in [1.54, 1.807) is 0 Å². The van der Waals surface area contributed by atoms with Crippen LogP contribution >= 0.6 is 0 Å². The van der Waals surface area contributed by atoms with Crippen LogP contribution in [0.4, 0.5) is 0 Å². The number of fused-ring (bicyclic) bond motifs is 1. The second kappa shape index (κ2) is 6.18. The molecule has 114 valence electrons. The van der Waals surface area contributed by atoms with Crippen LogP contribution in [0.3, 0.4) is 0 Å². The lowest BCUT2D eigenvalue weighted by molar-refractivity contribution is -0.135. The molecule has 0 saturated carbocycles. The number of rotatable bonds is 4. The standard InChI is InChI=1S/C18H26N2O/c1-3-13-12-20(10-9-17(13)19-4-2)18(21)16-11-14-7-5-6-8-15(14)16/h5-8,13,16-17,19H,3-4,9-12H2,1-2H3. The van der Waals surface area contributed by atoms with E-state index in [0.29, 0.717) is 17.9 Å². The van der Waals surface area contributed by atoms with Crippen LogP contribution in [0.1, 0.15) is 43.7 Å². The third kappa shape index (κ3) is 2.71. The second-order valence-corrected chi connectivity index (χ2v) is 6.36. The lowest BCUT2D eigenvalue weighted by atomic mass is 9.76. The van der Waals surface area contributed by atoms with Gasteiger partial charge in [-0.1, -0.05) is 44.5 Å². The van der Waals surface area contributed by atoms with Gasteiger partial charge in [-0.3, -0.25) is 4.79 Å². The van der Waals surface area contributed by atoms with E-state index in [1.165, 1.54) is 11.1 Å². The van der Waals surface area contributed by atoms with E-state index in [-0.39, 0.29) is 5.92 Å². The summed E-state index contributed by atoms with van der Waals surface area (Å²) in [5.74, 6) is 1.06. The van der Waals surface area contributed by atoms with Crippen molar-refractivity contribution in [3.05, 3.63) is 35.4 Å². The number of carbonyl (C=O) groups is 1. The second-order valence-electron chi connectivity index (χ2n) is 6.36. The van der Waals surface area contributed by atoms with Gasteiger partial charge in [0, 0.05) is 19.1 Å². The predicted octanol–water partition coefficient (Wildman–Crippen LogP) is 2.56. The third-order valence-corrected chi connectivity index (χ3v) is 5.19. The molecule has 3 heteroatoms. The number of benzene rings is 1. The topological polar surface area (TPSA) is 32.3 Å². The Morgan fingerprint density at radius 2 is 2.14 bits per heavy atom. The predicted molar refractivity (Wildman–Crippen MR) is 85.3 cm³/mol. The van der Waals surface area contributed by atoms with Crippen molar-refractivity contribution in [1.29, 1.82) is 0 Å². The summed E-state index contributed by atoms with van der Waals surface area (Å²) in [6.45, 7) is 7.25. The molecule has 2 aliphatic rings. The number of carbonyl (C=O) groups excluding carboxylic acids is 1. The lowest BCUT2D eigenvalue weighted by Crippen LogP contribution is -2.52. The third-order valence-electron chi connectivity index (χ3n) is 5.19. The molecule has 0 bridgehead atoms. The van der Waals surface area contributed by atoms with Crippen LogP contribution in [0.25, 0.3) is 0 Å². The molecular weight excluding hydrogens is 260 g/mol. The van der Waals surface area contributed by atoms with Gasteiger partial charge < -0.3 is 10.2 Å². The minimum atomic E-state index is 0.120. The molecule has 21 heavy (non-hydrogen) atoms. The summed E-state index contributed by atoms with van der Waals surface area (Å²) in [6, 6.07) is 8.95. The summed E-state index contributed by atoms with van der Waals surface area (Å²) in [7, 11) is 0. The van der Waals surface area contributed by atoms with Gasteiger partial charge in [-0.15, -0.1) is 0 Å². The van der Waals surface area contributed by atoms with Crippen molar-refractivity contribution >= 4 is 5.91 Å². The zero-order valence-corrected chi connectivity index (χ0v) is 13.1. The van der Waals surface area contributed by atoms with Crippen molar-refractivity contribution in [2.75, 3.05) is 19.6 Å². The monoisotopic (exact) mass is 286 g/mol. The molecule has 1 amide bonds. The molecule has 1 aliphatic carbocycles. The Kier molecular flexibility index (Phi) is 4.29. The molecular formula is C18H26N2O. The maximum Gasteiger partial charge on any atom is 0.230 e. The molecule has 3 rings (SSSR count). The van der Waals surface area contributed by atoms with Crippen LogP contribution in [-0.4, -0.2) is 36.5 Å². The Balaban J connectivity index is 1.65. The molecule has 1 saturated heterocycles. The first-order chi connectivity index (χ1) is 10.2. The van der Waals surface area contributed by atoms with E-state index >= 15 is 0 Å². The van der Waals surface area contributed by atoms with Gasteiger partial charge >= 0.3 is 0 Å². The quantitative estimate of drug-likeness (QED) is 0.922. The summed E-state index contributed by atoms with van der Waals surface area (Å²) in [6.07, 6.45) is 3.16. The van der Waals surface area contributed by atoms with Crippen molar-refractivity contribution in [2.24, 2.45) is 5.92 Å². The molecule has 1 aromatic rings. The average Bonchev–Trinajstić information content (AvgIpc) is 2.49. The lowest BCUT2D eigenvalue weighted by Gasteiger charge is -2.41. The van der Waals surface area contributed by atoms with Crippen molar-refractivity contribution in [1.82, 2.24) is 10.2 Å². The van der Waals surface area contributed by atoms with Crippen LogP contribution in [0.5, 0.6) is 0 Å². The van der Waals surface area contributed by atoms with Crippen molar-refractivity contribution in [2.45, 2.75) is 45.1 Å². The van der Waals surface area contributed by atoms with E-state index < -0.39 is 0 Å². The Morgan fingerprint density at radius 1 is 1.33 bits per heavy atom. The number of piperidine rings is 1. The highest BCUT2D eigenvalue weighted by atomic mass is 16.2. The first kappa shape index (κ1) is 14.6. The van der Waals surface area contributed by atoms with Gasteiger partial charge in [0.1, 0.15) is 0 Å². The van der Waals surface area contributed by atoms with Gasteiger partial charge in [-0.2, -0.15) is 0 Å². The smallest absolute Gasteiger partial charge is 0.230 e. The fourth-order valence-electron chi connectivity index (χ4n) is 3.88. The average molecular weight is 286 g/mol. The first-order valence-electron chi connectivity index (χ1n) is 8.34. The highest BCUT2D eigenvalue weighted by molar-refractivity contribution is 5.87. The van der Waals surface area contributed by atoms with Crippen LogP contribution < -0.4 is 5.32 Å². The number of hydrogen-bond donors (Lipinski definition) is 1. The van der Waals surface area contributed by atoms with E-state index in [9.17, 15) is 4.79 Å². The van der Waals surface area contributed by atoms with Crippen LogP contribution in [0, 0.1) is 5.92 Å². The van der Waals surface area contributed by atoms with Crippen LogP contribution in [-0.2, 0) is 11.2 Å². The molecule has 1 fully saturated rings. The minimum Gasteiger partial charge on any atom is -0.342 e.